The minimum atomic E-state index is -0.562. The zero-order valence-corrected chi connectivity index (χ0v) is 46.3. The zero-order valence-electron chi connectivity index (χ0n) is 45.5. The largest absolute Gasteiger partial charge is 0.508 e. The molecule has 12 rings (SSSR count). The lowest BCUT2D eigenvalue weighted by Crippen LogP contribution is -2.52. The Bertz CT molecular complexity index is 3250. The fourth-order valence-corrected chi connectivity index (χ4v) is 13.2. The van der Waals surface area contributed by atoms with Crippen LogP contribution in [0.25, 0.3) is 43.4 Å². The van der Waals surface area contributed by atoms with E-state index in [1.165, 1.54) is 6.42 Å². The van der Waals surface area contributed by atoms with Crippen molar-refractivity contribution in [2.24, 2.45) is 11.8 Å². The Morgan fingerprint density at radius 3 is 2.42 bits per heavy atom. The molecule has 0 radical (unpaired) electrons. The molecule has 5 saturated heterocycles. The first-order valence-electron chi connectivity index (χ1n) is 28.2. The first-order valence-corrected chi connectivity index (χ1v) is 29.1. The van der Waals surface area contributed by atoms with Crippen LogP contribution in [-0.2, 0) is 22.4 Å². The standard InChI is InChI=1S/C57H64FN11O5S.C3H8/c1-4-35-7-5-8-39-23-43(70)24-45(50(35)39)52-51(58)53-46(27-59-52)55(68-30-41-14-15-42(31-68)62-41)64-57(63-53)73-22-21-66-19-16-37(17-20-66)40-28-67(29-40)48-25-44(74-65-48)26-49(71)69-18-6-9-47(69)56(72)61-33(2)36-10-12-38(13-11-36)54-34(3)60-32-75-54;1-3-2/h5,7-8,10-13,23-25,27,32-33,37,40-42,47,62,70H,4,6,9,14-22,26,28-31H2,1-3H3,(H,61,72);3H2,1-2H3. The number of nitrogens with one attached hydrogen (secondary N) is 2. The minimum Gasteiger partial charge on any atom is -0.508 e. The van der Waals surface area contributed by atoms with Gasteiger partial charge in [-0.05, 0) is 123 Å². The lowest BCUT2D eigenvalue weighted by atomic mass is 9.79. The molecule has 78 heavy (non-hydrogen) atoms. The predicted molar refractivity (Wildman–Crippen MR) is 304 cm³/mol. The van der Waals surface area contributed by atoms with Gasteiger partial charge in [-0.25, -0.2) is 9.37 Å². The number of amides is 2. The molecule has 2 bridgehead atoms. The number of nitrogens with zero attached hydrogens (tertiary/aromatic N) is 9. The van der Waals surface area contributed by atoms with Gasteiger partial charge in [0, 0.05) is 69.2 Å². The number of thiazole rings is 1. The zero-order chi connectivity index (χ0) is 54.0. The monoisotopic (exact) mass is 1080 g/mol. The van der Waals surface area contributed by atoms with E-state index in [-0.39, 0.29) is 47.2 Å². The van der Waals surface area contributed by atoms with E-state index in [9.17, 15) is 14.7 Å². The number of aromatic hydroxyl groups is 1. The number of fused-ring (bicyclic) bond motifs is 4. The molecule has 3 N–H and O–H groups in total. The average molecular weight is 1080 g/mol. The fourth-order valence-electron chi connectivity index (χ4n) is 12.4. The third kappa shape index (κ3) is 11.1. The summed E-state index contributed by atoms with van der Waals surface area (Å²) in [5.74, 6) is 2.23. The van der Waals surface area contributed by atoms with Crippen molar-refractivity contribution in [1.29, 1.82) is 0 Å². The third-order valence-corrected chi connectivity index (χ3v) is 17.5. The highest BCUT2D eigenvalue weighted by Gasteiger charge is 2.39. The Hall–Kier alpha value is -6.76. The lowest BCUT2D eigenvalue weighted by molar-refractivity contribution is -0.138. The summed E-state index contributed by atoms with van der Waals surface area (Å²) in [7, 11) is 0. The van der Waals surface area contributed by atoms with Crippen LogP contribution in [0.15, 0.2) is 76.9 Å². The Balaban J connectivity index is 0.00000210. The number of anilines is 2. The molecule has 4 aromatic heterocycles. The van der Waals surface area contributed by atoms with Crippen molar-refractivity contribution < 1.29 is 28.3 Å². The molecule has 5 aliphatic rings. The van der Waals surface area contributed by atoms with E-state index in [0.29, 0.717) is 72.6 Å². The predicted octanol–water partition coefficient (Wildman–Crippen LogP) is 9.67. The van der Waals surface area contributed by atoms with E-state index in [0.717, 1.165) is 122 Å². The van der Waals surface area contributed by atoms with Crippen molar-refractivity contribution in [3.8, 4) is 33.5 Å². The molecule has 5 fully saturated rings. The van der Waals surface area contributed by atoms with Gasteiger partial charge in [-0.1, -0.05) is 74.8 Å². The maximum Gasteiger partial charge on any atom is 0.319 e. The Labute approximate surface area is 459 Å². The first kappa shape index (κ1) is 53.3. The van der Waals surface area contributed by atoms with E-state index < -0.39 is 11.9 Å². The van der Waals surface area contributed by atoms with Crippen LogP contribution in [0.4, 0.5) is 16.0 Å². The van der Waals surface area contributed by atoms with Crippen LogP contribution in [-0.4, -0.2) is 129 Å². The smallest absolute Gasteiger partial charge is 0.319 e. The van der Waals surface area contributed by atoms with Gasteiger partial charge in [0.2, 0.25) is 11.8 Å². The van der Waals surface area contributed by atoms with E-state index >= 15 is 4.39 Å². The molecule has 0 spiro atoms. The molecular weight excluding hydrogens is 1010 g/mol. The van der Waals surface area contributed by atoms with E-state index in [2.05, 4.69) is 68.4 Å². The van der Waals surface area contributed by atoms with Crippen LogP contribution < -0.4 is 25.2 Å². The molecule has 0 aliphatic carbocycles. The molecule has 9 heterocycles. The molecule has 16 nitrogen and oxygen atoms in total. The summed E-state index contributed by atoms with van der Waals surface area (Å²) in [6.45, 7) is 17.1. The second kappa shape index (κ2) is 23.3. The number of phenolic OH excluding ortho intramolecular Hbond substituents is 1. The molecule has 3 aromatic carbocycles. The molecule has 0 saturated carbocycles. The number of aryl methyl sites for hydroxylation is 2. The number of aromatic nitrogens is 5. The summed E-state index contributed by atoms with van der Waals surface area (Å²) in [4.78, 5) is 55.6. The van der Waals surface area contributed by atoms with Crippen molar-refractivity contribution in [1.82, 2.24) is 45.5 Å². The number of likely N-dealkylation sites (tertiary alicyclic amines) is 2. The van der Waals surface area contributed by atoms with Crippen LogP contribution in [0.5, 0.6) is 11.8 Å². The Morgan fingerprint density at radius 2 is 1.69 bits per heavy atom. The number of carbonyl (C=O) groups excluding carboxylic acids is 2. The summed E-state index contributed by atoms with van der Waals surface area (Å²) >= 11 is 1.61. The summed E-state index contributed by atoms with van der Waals surface area (Å²) in [6.07, 6.45) is 9.46. The summed E-state index contributed by atoms with van der Waals surface area (Å²) in [6, 6.07) is 19.4. The van der Waals surface area contributed by atoms with Crippen LogP contribution in [0, 0.1) is 24.6 Å². The maximum absolute atomic E-state index is 17.1. The summed E-state index contributed by atoms with van der Waals surface area (Å²) < 4.78 is 29.1. The van der Waals surface area contributed by atoms with Gasteiger partial charge in [0.25, 0.3) is 0 Å². The van der Waals surface area contributed by atoms with Crippen LogP contribution in [0.2, 0.25) is 0 Å². The molecule has 4 unspecified atom stereocenters. The highest BCUT2D eigenvalue weighted by molar-refractivity contribution is 7.13. The van der Waals surface area contributed by atoms with Gasteiger partial charge in [0.15, 0.2) is 11.6 Å². The number of benzene rings is 3. The molecule has 18 heteroatoms. The van der Waals surface area contributed by atoms with Crippen LogP contribution >= 0.6 is 11.3 Å². The minimum absolute atomic E-state index is 0.0466. The van der Waals surface area contributed by atoms with Crippen molar-refractivity contribution in [3.63, 3.8) is 0 Å². The second-order valence-corrected chi connectivity index (χ2v) is 22.9. The molecule has 2 amide bonds. The topological polar surface area (TPSA) is 178 Å². The number of hydrogen-bond acceptors (Lipinski definition) is 15. The van der Waals surface area contributed by atoms with Crippen LogP contribution in [0.1, 0.15) is 101 Å². The molecule has 7 aromatic rings. The highest BCUT2D eigenvalue weighted by atomic mass is 32.1. The van der Waals surface area contributed by atoms with Crippen molar-refractivity contribution >= 4 is 56.5 Å². The maximum atomic E-state index is 17.1. The highest BCUT2D eigenvalue weighted by Crippen LogP contribution is 2.40. The van der Waals surface area contributed by atoms with Gasteiger partial charge in [0.05, 0.1) is 33.9 Å². The molecule has 5 aliphatic heterocycles. The van der Waals surface area contributed by atoms with E-state index in [1.807, 2.05) is 55.8 Å². The number of hydrogen-bond donors (Lipinski definition) is 3. The fraction of sp³-hybridized carbons (Fsp3) is 0.483. The lowest BCUT2D eigenvalue weighted by Gasteiger charge is -2.46. The third-order valence-electron chi connectivity index (χ3n) is 16.5. The normalized spacial score (nSPS) is 20.2. The quantitative estimate of drug-likeness (QED) is 0.0884. The van der Waals surface area contributed by atoms with Gasteiger partial charge in [0.1, 0.15) is 41.2 Å². The first-order chi connectivity index (χ1) is 37.9. The Kier molecular flexibility index (Phi) is 15.9. The second-order valence-electron chi connectivity index (χ2n) is 22.0. The SMILES string of the molecule is CCC.CCc1cccc2cc(O)cc(-c3ncc4c(N5CC6CCC(C5)N6)nc(OCCN5CCC(C6CN(c7cc(CC(=O)N8CCCC8C(=O)NC(C)c8ccc(-c9scnc9C)cc8)on7)C6)CC5)nc4c3F)c12. The molecule has 410 valence electrons. The number of ether oxygens (including phenoxy) is 1. The van der Waals surface area contributed by atoms with E-state index in [1.54, 1.807) is 34.6 Å². The molecular formula is C60H72FN11O5S. The van der Waals surface area contributed by atoms with Gasteiger partial charge < -0.3 is 39.7 Å². The average Bonchev–Trinajstić information content (AvgIpc) is 4.31. The summed E-state index contributed by atoms with van der Waals surface area (Å²) in [5, 5.41) is 24.2. The number of piperazine rings is 1. The number of phenols is 1. The van der Waals surface area contributed by atoms with Crippen molar-refractivity contribution in [2.45, 2.75) is 117 Å². The number of halogens is 1. The van der Waals surface area contributed by atoms with E-state index in [4.69, 9.17) is 24.2 Å². The number of carbonyl (C=O) groups is 2. The number of piperidine rings is 1. The number of pyridine rings is 1. The summed E-state index contributed by atoms with van der Waals surface area (Å²) in [5.41, 5.74) is 6.83. The van der Waals surface area contributed by atoms with Crippen molar-refractivity contribution in [2.75, 3.05) is 68.8 Å². The van der Waals surface area contributed by atoms with Crippen LogP contribution in [0.3, 0.4) is 0 Å². The Morgan fingerprint density at radius 1 is 0.923 bits per heavy atom. The van der Waals surface area contributed by atoms with Gasteiger partial charge in [-0.2, -0.15) is 9.97 Å². The number of rotatable bonds is 15. The van der Waals surface area contributed by atoms with Gasteiger partial charge >= 0.3 is 6.01 Å². The van der Waals surface area contributed by atoms with Crippen molar-refractivity contribution in [3.05, 3.63) is 101 Å². The molecule has 4 atom stereocenters. The van der Waals surface area contributed by atoms with Gasteiger partial charge in [-0.15, -0.1) is 11.3 Å². The van der Waals surface area contributed by atoms with Gasteiger partial charge in [-0.3, -0.25) is 19.5 Å².